The molecule has 1 atom stereocenters. The summed E-state index contributed by atoms with van der Waals surface area (Å²) in [5.74, 6) is 0.937. The van der Waals surface area contributed by atoms with E-state index in [1.807, 2.05) is 30.3 Å². The summed E-state index contributed by atoms with van der Waals surface area (Å²) >= 11 is 0. The molecule has 1 aromatic carbocycles. The molecular weight excluding hydrogens is 252 g/mol. The van der Waals surface area contributed by atoms with Gasteiger partial charge in [-0.2, -0.15) is 0 Å². The van der Waals surface area contributed by atoms with E-state index in [9.17, 15) is 4.79 Å². The van der Waals surface area contributed by atoms with Crippen molar-refractivity contribution in [3.63, 3.8) is 0 Å². The third-order valence-electron chi connectivity index (χ3n) is 3.47. The average molecular weight is 274 g/mol. The van der Waals surface area contributed by atoms with E-state index in [0.717, 1.165) is 25.1 Å². The Bertz CT molecular complexity index is 433. The molecule has 2 rings (SSSR count). The van der Waals surface area contributed by atoms with E-state index in [2.05, 4.69) is 16.8 Å². The number of carbonyl (C=O) groups is 1. The molecule has 1 aliphatic rings. The molecule has 0 radical (unpaired) electrons. The Morgan fingerprint density at radius 2 is 2.25 bits per heavy atom. The molecule has 108 valence electrons. The van der Waals surface area contributed by atoms with Crippen LogP contribution in [0.1, 0.15) is 12.8 Å². The van der Waals surface area contributed by atoms with Crippen molar-refractivity contribution in [1.29, 1.82) is 0 Å². The Hall–Kier alpha value is -1.81. The van der Waals surface area contributed by atoms with Gasteiger partial charge in [0.15, 0.2) is 0 Å². The van der Waals surface area contributed by atoms with E-state index in [1.165, 1.54) is 0 Å². The molecule has 1 N–H and O–H groups in total. The smallest absolute Gasteiger partial charge is 0.234 e. The van der Waals surface area contributed by atoms with Gasteiger partial charge in [0.1, 0.15) is 12.4 Å². The van der Waals surface area contributed by atoms with Gasteiger partial charge in [0.2, 0.25) is 5.91 Å². The number of benzene rings is 1. The number of nitrogens with one attached hydrogen (secondary N) is 1. The summed E-state index contributed by atoms with van der Waals surface area (Å²) in [6, 6.07) is 10.1. The molecule has 0 saturated carbocycles. The molecule has 1 amide bonds. The fraction of sp³-hybridized carbons (Fsp3) is 0.438. The lowest BCUT2D eigenvalue weighted by molar-refractivity contribution is -0.122. The van der Waals surface area contributed by atoms with Crippen molar-refractivity contribution in [3.05, 3.63) is 43.0 Å². The molecule has 0 unspecified atom stereocenters. The highest BCUT2D eigenvalue weighted by Crippen LogP contribution is 2.18. The number of hydrogen-bond acceptors (Lipinski definition) is 3. The van der Waals surface area contributed by atoms with Crippen molar-refractivity contribution in [3.8, 4) is 5.75 Å². The van der Waals surface area contributed by atoms with Gasteiger partial charge in [-0.25, -0.2) is 0 Å². The van der Waals surface area contributed by atoms with Gasteiger partial charge >= 0.3 is 0 Å². The zero-order valence-electron chi connectivity index (χ0n) is 11.8. The maximum Gasteiger partial charge on any atom is 0.234 e. The number of ether oxygens (including phenoxy) is 1. The summed E-state index contributed by atoms with van der Waals surface area (Å²) in [6.07, 6.45) is 3.90. The summed E-state index contributed by atoms with van der Waals surface area (Å²) in [6.45, 7) is 6.16. The van der Waals surface area contributed by atoms with E-state index < -0.39 is 0 Å². The molecule has 1 aliphatic heterocycles. The molecule has 0 bridgehead atoms. The van der Waals surface area contributed by atoms with Crippen molar-refractivity contribution in [2.45, 2.75) is 18.9 Å². The summed E-state index contributed by atoms with van der Waals surface area (Å²) in [4.78, 5) is 13.9. The van der Waals surface area contributed by atoms with Crippen molar-refractivity contribution in [2.24, 2.45) is 0 Å². The first-order valence-electron chi connectivity index (χ1n) is 7.09. The Morgan fingerprint density at radius 1 is 1.45 bits per heavy atom. The number of carbonyl (C=O) groups excluding carboxylic acids is 1. The minimum atomic E-state index is 0.0523. The van der Waals surface area contributed by atoms with E-state index in [1.54, 1.807) is 6.08 Å². The van der Waals surface area contributed by atoms with Crippen LogP contribution < -0.4 is 10.1 Å². The van der Waals surface area contributed by atoms with Crippen LogP contribution in [-0.2, 0) is 4.79 Å². The second-order valence-electron chi connectivity index (χ2n) is 4.98. The molecule has 0 spiro atoms. The predicted molar refractivity (Wildman–Crippen MR) is 79.7 cm³/mol. The SMILES string of the molecule is C=CCNC(=O)CN1CCC[C@H]1COc1ccccc1. The number of rotatable bonds is 7. The monoisotopic (exact) mass is 274 g/mol. The predicted octanol–water partition coefficient (Wildman–Crippen LogP) is 1.83. The minimum absolute atomic E-state index is 0.0523. The highest BCUT2D eigenvalue weighted by molar-refractivity contribution is 5.78. The lowest BCUT2D eigenvalue weighted by Crippen LogP contribution is -2.42. The van der Waals surface area contributed by atoms with Crippen LogP contribution in [0.15, 0.2) is 43.0 Å². The van der Waals surface area contributed by atoms with Crippen molar-refractivity contribution < 1.29 is 9.53 Å². The van der Waals surface area contributed by atoms with E-state index in [4.69, 9.17) is 4.74 Å². The molecule has 20 heavy (non-hydrogen) atoms. The Labute approximate surface area is 120 Å². The largest absolute Gasteiger partial charge is 0.492 e. The van der Waals surface area contributed by atoms with Crippen molar-refractivity contribution >= 4 is 5.91 Å². The van der Waals surface area contributed by atoms with E-state index >= 15 is 0 Å². The van der Waals surface area contributed by atoms with Crippen LogP contribution in [0.3, 0.4) is 0 Å². The summed E-state index contributed by atoms with van der Waals surface area (Å²) in [5, 5.41) is 2.81. The first-order valence-corrected chi connectivity index (χ1v) is 7.09. The van der Waals surface area contributed by atoms with Crippen LogP contribution in [-0.4, -0.2) is 43.1 Å². The van der Waals surface area contributed by atoms with Gasteiger partial charge in [-0.15, -0.1) is 6.58 Å². The number of hydrogen-bond donors (Lipinski definition) is 1. The van der Waals surface area contributed by atoms with Gasteiger partial charge in [0, 0.05) is 12.6 Å². The number of likely N-dealkylation sites (tertiary alicyclic amines) is 1. The Kier molecular flexibility index (Phi) is 5.62. The Morgan fingerprint density at radius 3 is 3.00 bits per heavy atom. The normalized spacial score (nSPS) is 18.7. The average Bonchev–Trinajstić information content (AvgIpc) is 2.91. The van der Waals surface area contributed by atoms with E-state index in [-0.39, 0.29) is 5.91 Å². The topological polar surface area (TPSA) is 41.6 Å². The lowest BCUT2D eigenvalue weighted by Gasteiger charge is -2.23. The molecule has 1 saturated heterocycles. The molecule has 1 heterocycles. The first kappa shape index (κ1) is 14.6. The maximum atomic E-state index is 11.7. The summed E-state index contributed by atoms with van der Waals surface area (Å²) in [7, 11) is 0. The fourth-order valence-electron chi connectivity index (χ4n) is 2.43. The molecular formula is C16H22N2O2. The van der Waals surface area contributed by atoms with Crippen molar-refractivity contribution in [2.75, 3.05) is 26.2 Å². The quantitative estimate of drug-likeness (QED) is 0.771. The highest BCUT2D eigenvalue weighted by atomic mass is 16.5. The molecule has 4 heteroatoms. The van der Waals surface area contributed by atoms with Gasteiger partial charge in [-0.1, -0.05) is 24.3 Å². The molecule has 0 aliphatic carbocycles. The standard InChI is InChI=1S/C16H22N2O2/c1-2-10-17-16(19)12-18-11-6-7-14(18)13-20-15-8-4-3-5-9-15/h2-5,8-9,14H,1,6-7,10-13H2,(H,17,19)/t14-/m0/s1. The van der Waals surface area contributed by atoms with E-state index in [0.29, 0.717) is 25.7 Å². The highest BCUT2D eigenvalue weighted by Gasteiger charge is 2.26. The fourth-order valence-corrected chi connectivity index (χ4v) is 2.43. The Balaban J connectivity index is 1.78. The van der Waals surface area contributed by atoms with Crippen LogP contribution in [0, 0.1) is 0 Å². The van der Waals surface area contributed by atoms with Crippen LogP contribution >= 0.6 is 0 Å². The zero-order valence-corrected chi connectivity index (χ0v) is 11.8. The number of para-hydroxylation sites is 1. The van der Waals surface area contributed by atoms with Gasteiger partial charge < -0.3 is 10.1 Å². The van der Waals surface area contributed by atoms with Gasteiger partial charge in [0.25, 0.3) is 0 Å². The molecule has 1 aromatic rings. The zero-order chi connectivity index (χ0) is 14.2. The van der Waals surface area contributed by atoms with Gasteiger partial charge in [-0.05, 0) is 31.5 Å². The second-order valence-corrected chi connectivity index (χ2v) is 4.98. The van der Waals surface area contributed by atoms with Crippen LogP contribution in [0.25, 0.3) is 0 Å². The molecule has 1 fully saturated rings. The van der Waals surface area contributed by atoms with Gasteiger partial charge in [0.05, 0.1) is 6.54 Å². The summed E-state index contributed by atoms with van der Waals surface area (Å²) < 4.78 is 5.79. The van der Waals surface area contributed by atoms with Crippen LogP contribution in [0.5, 0.6) is 5.75 Å². The third kappa shape index (κ3) is 4.38. The first-order chi connectivity index (χ1) is 9.79. The number of nitrogens with zero attached hydrogens (tertiary/aromatic N) is 1. The van der Waals surface area contributed by atoms with Crippen LogP contribution in [0.2, 0.25) is 0 Å². The summed E-state index contributed by atoms with van der Waals surface area (Å²) in [5.41, 5.74) is 0. The van der Waals surface area contributed by atoms with Crippen LogP contribution in [0.4, 0.5) is 0 Å². The minimum Gasteiger partial charge on any atom is -0.492 e. The van der Waals surface area contributed by atoms with Crippen molar-refractivity contribution in [1.82, 2.24) is 10.2 Å². The number of amides is 1. The van der Waals surface area contributed by atoms with Gasteiger partial charge in [-0.3, -0.25) is 9.69 Å². The maximum absolute atomic E-state index is 11.7. The molecule has 4 nitrogen and oxygen atoms in total. The molecule has 0 aromatic heterocycles. The third-order valence-corrected chi connectivity index (χ3v) is 3.47. The second kappa shape index (κ2) is 7.70. The lowest BCUT2D eigenvalue weighted by atomic mass is 10.2.